The summed E-state index contributed by atoms with van der Waals surface area (Å²) in [6.45, 7) is 3.37. The molecule has 0 aliphatic rings. The van der Waals surface area contributed by atoms with Crippen molar-refractivity contribution in [2.45, 2.75) is 19.3 Å². The van der Waals surface area contributed by atoms with Gasteiger partial charge in [-0.2, -0.15) is 0 Å². The first-order valence-electron chi connectivity index (χ1n) is 4.87. The molecule has 0 saturated carbocycles. The average Bonchev–Trinajstić information content (AvgIpc) is 2.60. The van der Waals surface area contributed by atoms with Crippen LogP contribution in [0.15, 0.2) is 23.6 Å². The first-order chi connectivity index (χ1) is 7.43. The number of aliphatic carboxylic acids is 1. The number of thiophene rings is 1. The molecule has 0 saturated heterocycles. The first kappa shape index (κ1) is 11.0. The molecule has 0 unspecified atom stereocenters. The average molecular weight is 236 g/mol. The van der Waals surface area contributed by atoms with E-state index in [1.165, 1.54) is 11.3 Å². The first-order valence-corrected chi connectivity index (χ1v) is 5.75. The fourth-order valence-electron chi connectivity index (χ4n) is 1.62. The molecule has 3 nitrogen and oxygen atoms in total. The lowest BCUT2D eigenvalue weighted by molar-refractivity contribution is -0.142. The van der Waals surface area contributed by atoms with Crippen molar-refractivity contribution in [2.24, 2.45) is 0 Å². The van der Waals surface area contributed by atoms with Crippen molar-refractivity contribution in [1.29, 1.82) is 0 Å². The minimum Gasteiger partial charge on any atom is -0.508 e. The Morgan fingerprint density at radius 1 is 1.38 bits per heavy atom. The lowest BCUT2D eigenvalue weighted by Crippen LogP contribution is -2.28. The monoisotopic (exact) mass is 236 g/mol. The van der Waals surface area contributed by atoms with Crippen LogP contribution in [0.4, 0.5) is 0 Å². The maximum absolute atomic E-state index is 11.2. The second-order valence-electron chi connectivity index (χ2n) is 4.26. The number of benzene rings is 1. The van der Waals surface area contributed by atoms with Gasteiger partial charge >= 0.3 is 5.97 Å². The molecular weight excluding hydrogens is 224 g/mol. The number of carbonyl (C=O) groups is 1. The molecule has 0 fully saturated rings. The molecule has 0 bridgehead atoms. The molecule has 0 amide bonds. The van der Waals surface area contributed by atoms with Gasteiger partial charge in [-0.1, -0.05) is 0 Å². The van der Waals surface area contributed by atoms with Gasteiger partial charge in [0.2, 0.25) is 0 Å². The van der Waals surface area contributed by atoms with Gasteiger partial charge in [0.1, 0.15) is 5.75 Å². The van der Waals surface area contributed by atoms with Crippen LogP contribution in [0.5, 0.6) is 5.75 Å². The molecule has 2 rings (SSSR count). The zero-order chi connectivity index (χ0) is 11.9. The van der Waals surface area contributed by atoms with Crippen molar-refractivity contribution in [3.05, 3.63) is 29.1 Å². The van der Waals surface area contributed by atoms with Crippen LogP contribution in [-0.2, 0) is 10.2 Å². The van der Waals surface area contributed by atoms with Gasteiger partial charge in [0, 0.05) is 4.70 Å². The largest absolute Gasteiger partial charge is 0.508 e. The van der Waals surface area contributed by atoms with Crippen molar-refractivity contribution in [3.8, 4) is 5.75 Å². The van der Waals surface area contributed by atoms with Crippen molar-refractivity contribution in [2.75, 3.05) is 0 Å². The van der Waals surface area contributed by atoms with Crippen molar-refractivity contribution in [1.82, 2.24) is 0 Å². The Hall–Kier alpha value is -1.55. The van der Waals surface area contributed by atoms with Crippen LogP contribution in [0, 0.1) is 0 Å². The molecule has 0 aliphatic heterocycles. The third kappa shape index (κ3) is 1.55. The van der Waals surface area contributed by atoms with E-state index in [1.807, 2.05) is 5.38 Å². The number of aromatic hydroxyl groups is 1. The molecule has 1 aromatic heterocycles. The summed E-state index contributed by atoms with van der Waals surface area (Å²) >= 11 is 1.45. The second-order valence-corrected chi connectivity index (χ2v) is 5.17. The Balaban J connectivity index is 2.67. The summed E-state index contributed by atoms with van der Waals surface area (Å²) in [6, 6.07) is 5.00. The van der Waals surface area contributed by atoms with Crippen LogP contribution in [0.25, 0.3) is 10.1 Å². The zero-order valence-electron chi connectivity index (χ0n) is 9.02. The van der Waals surface area contributed by atoms with Gasteiger partial charge in [-0.3, -0.25) is 4.79 Å². The summed E-state index contributed by atoms with van der Waals surface area (Å²) in [6.07, 6.45) is 0. The van der Waals surface area contributed by atoms with E-state index in [9.17, 15) is 15.0 Å². The molecule has 0 atom stereocenters. The molecule has 4 heteroatoms. The topological polar surface area (TPSA) is 57.5 Å². The zero-order valence-corrected chi connectivity index (χ0v) is 9.84. The van der Waals surface area contributed by atoms with E-state index in [0.29, 0.717) is 0 Å². The number of carboxylic acid groups (broad SMARTS) is 1. The van der Waals surface area contributed by atoms with Gasteiger partial charge in [-0.15, -0.1) is 11.3 Å². The van der Waals surface area contributed by atoms with E-state index >= 15 is 0 Å². The Kier molecular flexibility index (Phi) is 2.39. The van der Waals surface area contributed by atoms with Gasteiger partial charge in [-0.25, -0.2) is 0 Å². The summed E-state index contributed by atoms with van der Waals surface area (Å²) in [7, 11) is 0. The molecule has 0 radical (unpaired) electrons. The minimum atomic E-state index is -0.908. The number of fused-ring (bicyclic) bond motifs is 1. The van der Waals surface area contributed by atoms with Crippen LogP contribution in [0.1, 0.15) is 19.4 Å². The molecule has 1 heterocycles. The van der Waals surface area contributed by atoms with E-state index in [2.05, 4.69) is 0 Å². The van der Waals surface area contributed by atoms with Crippen LogP contribution in [-0.4, -0.2) is 16.2 Å². The Morgan fingerprint density at radius 3 is 2.69 bits per heavy atom. The highest BCUT2D eigenvalue weighted by molar-refractivity contribution is 7.17. The number of carboxylic acids is 1. The molecule has 0 aliphatic carbocycles. The summed E-state index contributed by atoms with van der Waals surface area (Å²) in [5.41, 5.74) is -0.116. The lowest BCUT2D eigenvalue weighted by Gasteiger charge is -2.18. The van der Waals surface area contributed by atoms with Crippen LogP contribution < -0.4 is 0 Å². The van der Waals surface area contributed by atoms with E-state index in [1.54, 1.807) is 32.0 Å². The fraction of sp³-hybridized carbons (Fsp3) is 0.250. The van der Waals surface area contributed by atoms with E-state index in [-0.39, 0.29) is 5.75 Å². The summed E-state index contributed by atoms with van der Waals surface area (Å²) in [5, 5.41) is 21.3. The Bertz CT molecular complexity index is 554. The molecule has 2 aromatic rings. The summed E-state index contributed by atoms with van der Waals surface area (Å²) in [4.78, 5) is 11.2. The normalized spacial score (nSPS) is 11.9. The molecule has 0 spiro atoms. The number of hydrogen-bond acceptors (Lipinski definition) is 3. The van der Waals surface area contributed by atoms with Gasteiger partial charge < -0.3 is 10.2 Å². The van der Waals surface area contributed by atoms with Gasteiger partial charge in [0.05, 0.1) is 5.41 Å². The van der Waals surface area contributed by atoms with Crippen molar-refractivity contribution < 1.29 is 15.0 Å². The number of phenols is 1. The maximum Gasteiger partial charge on any atom is 0.313 e. The van der Waals surface area contributed by atoms with Crippen LogP contribution in [0.3, 0.4) is 0 Å². The van der Waals surface area contributed by atoms with Crippen LogP contribution >= 0.6 is 11.3 Å². The fourth-order valence-corrected chi connectivity index (χ4v) is 2.78. The van der Waals surface area contributed by atoms with Crippen molar-refractivity contribution >= 4 is 27.4 Å². The van der Waals surface area contributed by atoms with Gasteiger partial charge in [0.25, 0.3) is 0 Å². The maximum atomic E-state index is 11.2. The lowest BCUT2D eigenvalue weighted by atomic mass is 9.85. The number of rotatable bonds is 2. The molecule has 84 valence electrons. The predicted octanol–water partition coefficient (Wildman–Crippen LogP) is 2.97. The predicted molar refractivity (Wildman–Crippen MR) is 64.2 cm³/mol. The standard InChI is InChI=1S/C12H12O3S/c1-12(2,11(14)15)9-6-16-10-5-7(13)3-4-8(9)10/h3-6,13H,1-2H3,(H,14,15). The van der Waals surface area contributed by atoms with E-state index in [4.69, 9.17) is 0 Å². The quantitative estimate of drug-likeness (QED) is 0.842. The number of phenolic OH excluding ortho intramolecular Hbond substituents is 1. The number of hydrogen-bond donors (Lipinski definition) is 2. The van der Waals surface area contributed by atoms with Crippen molar-refractivity contribution in [3.63, 3.8) is 0 Å². The third-order valence-corrected chi connectivity index (χ3v) is 3.71. The van der Waals surface area contributed by atoms with Gasteiger partial charge in [0.15, 0.2) is 0 Å². The smallest absolute Gasteiger partial charge is 0.313 e. The van der Waals surface area contributed by atoms with Crippen LogP contribution in [0.2, 0.25) is 0 Å². The van der Waals surface area contributed by atoms with E-state index < -0.39 is 11.4 Å². The Labute approximate surface area is 97.0 Å². The molecule has 1 aromatic carbocycles. The summed E-state index contributed by atoms with van der Waals surface area (Å²) in [5.74, 6) is -0.644. The highest BCUT2D eigenvalue weighted by atomic mass is 32.1. The third-order valence-electron chi connectivity index (χ3n) is 2.77. The molecule has 16 heavy (non-hydrogen) atoms. The minimum absolute atomic E-state index is 0.203. The summed E-state index contributed by atoms with van der Waals surface area (Å²) < 4.78 is 0.907. The van der Waals surface area contributed by atoms with Gasteiger partial charge in [-0.05, 0) is 48.4 Å². The Morgan fingerprint density at radius 2 is 2.06 bits per heavy atom. The van der Waals surface area contributed by atoms with E-state index in [0.717, 1.165) is 15.6 Å². The SMILES string of the molecule is CC(C)(C(=O)O)c1csc2cc(O)ccc12. The highest BCUT2D eigenvalue weighted by Crippen LogP contribution is 2.36. The molecular formula is C12H12O3S. The highest BCUT2D eigenvalue weighted by Gasteiger charge is 2.31. The molecule has 2 N–H and O–H groups in total. The second kappa shape index (κ2) is 3.49.